The second-order valence-corrected chi connectivity index (χ2v) is 4.24. The minimum atomic E-state index is -0.307. The van der Waals surface area contributed by atoms with E-state index in [2.05, 4.69) is 10.3 Å². The number of para-hydroxylation sites is 1. The van der Waals surface area contributed by atoms with Gasteiger partial charge in [-0.2, -0.15) is 0 Å². The first-order chi connectivity index (χ1) is 9.09. The van der Waals surface area contributed by atoms with Crippen molar-refractivity contribution >= 4 is 17.4 Å². The normalized spacial score (nSPS) is 10.0. The summed E-state index contributed by atoms with van der Waals surface area (Å²) < 4.78 is 0. The van der Waals surface area contributed by atoms with Crippen LogP contribution in [0.2, 0.25) is 0 Å². The van der Waals surface area contributed by atoms with Crippen LogP contribution in [0.5, 0.6) is 5.75 Å². The Morgan fingerprint density at radius 1 is 1.21 bits per heavy atom. The van der Waals surface area contributed by atoms with Gasteiger partial charge in [-0.25, -0.2) is 4.98 Å². The predicted molar refractivity (Wildman–Crippen MR) is 74.6 cm³/mol. The zero-order valence-electron chi connectivity index (χ0n) is 10.8. The molecule has 0 aliphatic rings. The monoisotopic (exact) mass is 257 g/mol. The van der Waals surface area contributed by atoms with Gasteiger partial charge in [0.25, 0.3) is 5.91 Å². The van der Waals surface area contributed by atoms with Crippen molar-refractivity contribution in [2.24, 2.45) is 0 Å². The highest BCUT2D eigenvalue weighted by Gasteiger charge is 2.14. The molecule has 0 bridgehead atoms. The van der Waals surface area contributed by atoms with Gasteiger partial charge in [0.15, 0.2) is 11.6 Å². The van der Waals surface area contributed by atoms with E-state index in [9.17, 15) is 9.90 Å². The Kier molecular flexibility index (Phi) is 3.66. The van der Waals surface area contributed by atoms with Crippen LogP contribution in [0.25, 0.3) is 0 Å². The topological polar surface area (TPSA) is 65.5 Å². The van der Waals surface area contributed by atoms with Crippen molar-refractivity contribution < 1.29 is 9.90 Å². The number of hydrogen-bond donors (Lipinski definition) is 2. The fraction of sp³-hybridized carbons (Fsp3) is 0.143. The number of carbonyl (C=O) groups excluding carboxylic acids is 1. The van der Waals surface area contributed by atoms with Gasteiger partial charge >= 0.3 is 0 Å². The van der Waals surface area contributed by atoms with Gasteiger partial charge in [0.2, 0.25) is 0 Å². The van der Waals surface area contributed by atoms with Crippen LogP contribution in [-0.2, 0) is 0 Å². The first-order valence-electron chi connectivity index (χ1n) is 5.81. The maximum Gasteiger partial charge on any atom is 0.259 e. The number of amides is 1. The molecule has 0 aliphatic carbocycles. The van der Waals surface area contributed by atoms with Crippen molar-refractivity contribution in [2.45, 2.75) is 0 Å². The summed E-state index contributed by atoms with van der Waals surface area (Å²) in [6.07, 6.45) is 1.51. The molecule has 0 saturated carbocycles. The van der Waals surface area contributed by atoms with Crippen molar-refractivity contribution in [3.8, 4) is 5.75 Å². The minimum Gasteiger partial charge on any atom is -0.504 e. The zero-order chi connectivity index (χ0) is 13.8. The molecule has 2 N–H and O–H groups in total. The zero-order valence-corrected chi connectivity index (χ0v) is 10.8. The molecule has 0 radical (unpaired) electrons. The molecule has 0 aliphatic heterocycles. The average Bonchev–Trinajstić information content (AvgIpc) is 2.41. The van der Waals surface area contributed by atoms with E-state index in [0.29, 0.717) is 5.56 Å². The van der Waals surface area contributed by atoms with Crippen LogP contribution < -0.4 is 10.2 Å². The summed E-state index contributed by atoms with van der Waals surface area (Å²) in [4.78, 5) is 18.0. The van der Waals surface area contributed by atoms with Crippen molar-refractivity contribution in [1.82, 2.24) is 4.98 Å². The third-order valence-electron chi connectivity index (χ3n) is 2.65. The molecule has 0 saturated heterocycles. The third kappa shape index (κ3) is 2.82. The Morgan fingerprint density at radius 3 is 2.63 bits per heavy atom. The molecule has 2 rings (SSSR count). The van der Waals surface area contributed by atoms with Gasteiger partial charge in [0, 0.05) is 26.0 Å². The minimum absolute atomic E-state index is 0.0572. The maximum absolute atomic E-state index is 12.2. The SMILES string of the molecule is CN(C)c1ccccc1C(=O)Nc1ncccc1O. The number of nitrogens with one attached hydrogen (secondary N) is 1. The molecule has 5 heteroatoms. The Balaban J connectivity index is 2.29. The Hall–Kier alpha value is -2.56. The molecule has 0 fully saturated rings. The fourth-order valence-electron chi connectivity index (χ4n) is 1.72. The van der Waals surface area contributed by atoms with Crippen LogP contribution in [0.1, 0.15) is 10.4 Å². The lowest BCUT2D eigenvalue weighted by Crippen LogP contribution is -2.18. The molecule has 5 nitrogen and oxygen atoms in total. The van der Waals surface area contributed by atoms with Gasteiger partial charge in [-0.15, -0.1) is 0 Å². The molecule has 1 heterocycles. The smallest absolute Gasteiger partial charge is 0.259 e. The maximum atomic E-state index is 12.2. The van der Waals surface area contributed by atoms with E-state index in [-0.39, 0.29) is 17.5 Å². The van der Waals surface area contributed by atoms with Crippen molar-refractivity contribution in [1.29, 1.82) is 0 Å². The highest BCUT2D eigenvalue weighted by Crippen LogP contribution is 2.22. The summed E-state index contributed by atoms with van der Waals surface area (Å²) in [5, 5.41) is 12.2. The summed E-state index contributed by atoms with van der Waals surface area (Å²) in [6.45, 7) is 0. The molecule has 0 unspecified atom stereocenters. The summed E-state index contributed by atoms with van der Waals surface area (Å²) in [6, 6.07) is 10.3. The second kappa shape index (κ2) is 5.39. The summed E-state index contributed by atoms with van der Waals surface area (Å²) in [5.74, 6) is -0.211. The standard InChI is InChI=1S/C14H15N3O2/c1-17(2)11-7-4-3-6-10(11)14(19)16-13-12(18)8-5-9-15-13/h3-9,18H,1-2H3,(H,15,16,19). The first-order valence-corrected chi connectivity index (χ1v) is 5.81. The predicted octanol–water partition coefficient (Wildman–Crippen LogP) is 2.11. The Morgan fingerprint density at radius 2 is 1.95 bits per heavy atom. The van der Waals surface area contributed by atoms with Crippen LogP contribution in [-0.4, -0.2) is 30.1 Å². The summed E-state index contributed by atoms with van der Waals surface area (Å²) in [5.41, 5.74) is 1.33. The van der Waals surface area contributed by atoms with E-state index < -0.39 is 0 Å². The molecule has 0 spiro atoms. The fourth-order valence-corrected chi connectivity index (χ4v) is 1.72. The third-order valence-corrected chi connectivity index (χ3v) is 2.65. The molecule has 0 atom stereocenters. The molecule has 98 valence electrons. The number of pyridine rings is 1. The van der Waals surface area contributed by atoms with Crippen LogP contribution in [0, 0.1) is 0 Å². The average molecular weight is 257 g/mol. The lowest BCUT2D eigenvalue weighted by Gasteiger charge is -2.16. The molecule has 1 aromatic carbocycles. The highest BCUT2D eigenvalue weighted by molar-refractivity contribution is 6.08. The van der Waals surface area contributed by atoms with Gasteiger partial charge in [0.1, 0.15) is 0 Å². The first kappa shape index (κ1) is 12.9. The van der Waals surface area contributed by atoms with Gasteiger partial charge in [-0.3, -0.25) is 4.79 Å². The summed E-state index contributed by atoms with van der Waals surface area (Å²) >= 11 is 0. The van der Waals surface area contributed by atoms with Crippen LogP contribution in [0.4, 0.5) is 11.5 Å². The van der Waals surface area contributed by atoms with E-state index >= 15 is 0 Å². The van der Waals surface area contributed by atoms with E-state index in [4.69, 9.17) is 0 Å². The van der Waals surface area contributed by atoms with E-state index in [0.717, 1.165) is 5.69 Å². The Labute approximate surface area is 111 Å². The molecule has 1 amide bonds. The number of aromatic hydroxyl groups is 1. The lowest BCUT2D eigenvalue weighted by molar-refractivity contribution is 0.102. The van der Waals surface area contributed by atoms with Crippen molar-refractivity contribution in [3.05, 3.63) is 48.2 Å². The number of anilines is 2. The van der Waals surface area contributed by atoms with Gasteiger partial charge < -0.3 is 15.3 Å². The number of nitrogens with zero attached hydrogens (tertiary/aromatic N) is 2. The van der Waals surface area contributed by atoms with Gasteiger partial charge in [-0.1, -0.05) is 12.1 Å². The largest absolute Gasteiger partial charge is 0.504 e. The second-order valence-electron chi connectivity index (χ2n) is 4.24. The van der Waals surface area contributed by atoms with Gasteiger partial charge in [0.05, 0.1) is 5.56 Å². The van der Waals surface area contributed by atoms with Crippen molar-refractivity contribution in [3.63, 3.8) is 0 Å². The number of rotatable bonds is 3. The van der Waals surface area contributed by atoms with Crippen LogP contribution in [0.3, 0.4) is 0 Å². The Bertz CT molecular complexity index is 597. The molecule has 2 aromatic rings. The van der Waals surface area contributed by atoms with Gasteiger partial charge in [-0.05, 0) is 24.3 Å². The summed E-state index contributed by atoms with van der Waals surface area (Å²) in [7, 11) is 3.73. The lowest BCUT2D eigenvalue weighted by atomic mass is 10.1. The molecule has 19 heavy (non-hydrogen) atoms. The molecular formula is C14H15N3O2. The number of benzene rings is 1. The molecule has 1 aromatic heterocycles. The van der Waals surface area contributed by atoms with Crippen LogP contribution >= 0.6 is 0 Å². The highest BCUT2D eigenvalue weighted by atomic mass is 16.3. The van der Waals surface area contributed by atoms with E-state index in [1.807, 2.05) is 31.1 Å². The van der Waals surface area contributed by atoms with Crippen LogP contribution in [0.15, 0.2) is 42.6 Å². The number of carbonyl (C=O) groups is 1. The van der Waals surface area contributed by atoms with E-state index in [1.54, 1.807) is 18.2 Å². The number of aromatic nitrogens is 1. The molecular weight excluding hydrogens is 242 g/mol. The van der Waals surface area contributed by atoms with Crippen molar-refractivity contribution in [2.75, 3.05) is 24.3 Å². The quantitative estimate of drug-likeness (QED) is 0.883. The van der Waals surface area contributed by atoms with E-state index in [1.165, 1.54) is 12.3 Å². The number of hydrogen-bond acceptors (Lipinski definition) is 4.